The summed E-state index contributed by atoms with van der Waals surface area (Å²) in [5.41, 5.74) is 0. The van der Waals surface area contributed by atoms with E-state index in [9.17, 15) is 0 Å². The van der Waals surface area contributed by atoms with Crippen LogP contribution in [0.3, 0.4) is 0 Å². The van der Waals surface area contributed by atoms with Crippen molar-refractivity contribution in [3.05, 3.63) is 6.92 Å². The van der Waals surface area contributed by atoms with E-state index in [0.29, 0.717) is 0 Å². The van der Waals surface area contributed by atoms with Crippen molar-refractivity contribution in [3.63, 3.8) is 0 Å². The minimum Gasteiger partial charge on any atom is -0.381 e. The number of hydrogen-bond donors (Lipinski definition) is 0. The molecule has 1 radical (unpaired) electrons. The molecule has 0 saturated carbocycles. The molecule has 0 bridgehead atoms. The molecule has 0 aliphatic carbocycles. The van der Waals surface area contributed by atoms with Crippen molar-refractivity contribution >= 4 is 0 Å². The van der Waals surface area contributed by atoms with Crippen LogP contribution in [-0.2, 0) is 4.74 Å². The first-order valence-electron chi connectivity index (χ1n) is 4.52. The van der Waals surface area contributed by atoms with Crippen LogP contribution in [0.1, 0.15) is 39.5 Å². The summed E-state index contributed by atoms with van der Waals surface area (Å²) in [5, 5.41) is 0. The van der Waals surface area contributed by atoms with Gasteiger partial charge in [0.1, 0.15) is 0 Å². The molecular weight excluding hydrogens is 136 g/mol. The minimum atomic E-state index is 0.196. The van der Waals surface area contributed by atoms with Crippen LogP contribution in [0.5, 0.6) is 0 Å². The first-order valence-corrected chi connectivity index (χ1v) is 4.52. The van der Waals surface area contributed by atoms with E-state index in [0.717, 1.165) is 12.3 Å². The van der Waals surface area contributed by atoms with Crippen molar-refractivity contribution in [1.29, 1.82) is 0 Å². The van der Waals surface area contributed by atoms with Crippen LogP contribution in [0, 0.1) is 12.8 Å². The summed E-state index contributed by atoms with van der Waals surface area (Å²) < 4.78 is 5.05. The van der Waals surface area contributed by atoms with Crippen LogP contribution in [-0.4, -0.2) is 13.2 Å². The van der Waals surface area contributed by atoms with Crippen molar-refractivity contribution in [2.24, 2.45) is 5.92 Å². The lowest BCUT2D eigenvalue weighted by Gasteiger charge is -2.09. The molecule has 0 aromatic heterocycles. The van der Waals surface area contributed by atoms with E-state index in [1.807, 2.05) is 0 Å². The largest absolute Gasteiger partial charge is 0.381 e. The molecule has 0 aliphatic heterocycles. The van der Waals surface area contributed by atoms with Crippen LogP contribution in [0.25, 0.3) is 0 Å². The van der Waals surface area contributed by atoms with Crippen molar-refractivity contribution in [2.45, 2.75) is 45.6 Å². The highest BCUT2D eigenvalue weighted by molar-refractivity contribution is 4.59. The van der Waals surface area contributed by atoms with Gasteiger partial charge in [-0.3, -0.25) is 0 Å². The summed E-state index contributed by atoms with van der Waals surface area (Å²) in [6.45, 7) is 8.37. The highest BCUT2D eigenvalue weighted by Gasteiger charge is 1.99. The van der Waals surface area contributed by atoms with E-state index in [4.69, 9.17) is 4.74 Å². The Hall–Kier alpha value is -0.0400. The standard InChI is InChI=1S/C10H21O/c1-9(2)7-5-6-8-10(3)11-4/h9-10H,3,5-8H2,1-2,4H3. The van der Waals surface area contributed by atoms with E-state index in [-0.39, 0.29) is 6.10 Å². The maximum Gasteiger partial charge on any atom is 0.0572 e. The molecule has 0 fully saturated rings. The molecule has 1 atom stereocenters. The lowest BCUT2D eigenvalue weighted by atomic mass is 10.0. The Morgan fingerprint density at radius 2 is 1.73 bits per heavy atom. The Kier molecular flexibility index (Phi) is 6.63. The topological polar surface area (TPSA) is 9.23 Å². The molecule has 0 spiro atoms. The van der Waals surface area contributed by atoms with Crippen LogP contribution in [0.2, 0.25) is 0 Å². The van der Waals surface area contributed by atoms with Crippen LogP contribution in [0.4, 0.5) is 0 Å². The minimum absolute atomic E-state index is 0.196. The van der Waals surface area contributed by atoms with Crippen molar-refractivity contribution < 1.29 is 4.74 Å². The lowest BCUT2D eigenvalue weighted by Crippen LogP contribution is -2.04. The smallest absolute Gasteiger partial charge is 0.0572 e. The highest BCUT2D eigenvalue weighted by Crippen LogP contribution is 2.10. The predicted octanol–water partition coefficient (Wildman–Crippen LogP) is 3.05. The van der Waals surface area contributed by atoms with E-state index in [1.165, 1.54) is 19.3 Å². The quantitative estimate of drug-likeness (QED) is 0.538. The molecule has 0 saturated heterocycles. The second kappa shape index (κ2) is 6.66. The molecular formula is C10H21O. The zero-order valence-corrected chi connectivity index (χ0v) is 8.10. The Bertz CT molecular complexity index is 78.9. The van der Waals surface area contributed by atoms with Crippen LogP contribution < -0.4 is 0 Å². The van der Waals surface area contributed by atoms with Gasteiger partial charge in [0.2, 0.25) is 0 Å². The Labute approximate surface area is 71.1 Å². The molecule has 0 aliphatic rings. The number of unbranched alkanes of at least 4 members (excludes halogenated alkanes) is 1. The van der Waals surface area contributed by atoms with Gasteiger partial charge in [-0.15, -0.1) is 0 Å². The van der Waals surface area contributed by atoms with Crippen molar-refractivity contribution in [2.75, 3.05) is 7.11 Å². The second-order valence-electron chi connectivity index (χ2n) is 3.54. The van der Waals surface area contributed by atoms with Gasteiger partial charge in [-0.2, -0.15) is 0 Å². The SMILES string of the molecule is [CH2]C(CCCCC(C)C)OC. The maximum atomic E-state index is 5.05. The molecule has 1 unspecified atom stereocenters. The Balaban J connectivity index is 3.01. The third kappa shape index (κ3) is 7.86. The fraction of sp³-hybridized carbons (Fsp3) is 0.900. The predicted molar refractivity (Wildman–Crippen MR) is 49.5 cm³/mol. The summed E-state index contributed by atoms with van der Waals surface area (Å²) in [4.78, 5) is 0. The first kappa shape index (κ1) is 11.0. The molecule has 67 valence electrons. The van der Waals surface area contributed by atoms with Crippen LogP contribution >= 0.6 is 0 Å². The van der Waals surface area contributed by atoms with Crippen LogP contribution in [0.15, 0.2) is 0 Å². The summed E-state index contributed by atoms with van der Waals surface area (Å²) in [7, 11) is 1.72. The van der Waals surface area contributed by atoms with E-state index in [1.54, 1.807) is 7.11 Å². The highest BCUT2D eigenvalue weighted by atomic mass is 16.5. The fourth-order valence-corrected chi connectivity index (χ4v) is 1.04. The van der Waals surface area contributed by atoms with Gasteiger partial charge < -0.3 is 4.74 Å². The van der Waals surface area contributed by atoms with Crippen molar-refractivity contribution in [3.8, 4) is 0 Å². The zero-order valence-electron chi connectivity index (χ0n) is 8.10. The van der Waals surface area contributed by atoms with Gasteiger partial charge in [-0.1, -0.05) is 33.1 Å². The molecule has 0 aromatic rings. The zero-order chi connectivity index (χ0) is 8.69. The molecule has 1 nitrogen and oxygen atoms in total. The normalized spacial score (nSPS) is 13.9. The molecule has 0 aromatic carbocycles. The summed E-state index contributed by atoms with van der Waals surface area (Å²) in [5.74, 6) is 0.834. The average molecular weight is 157 g/mol. The summed E-state index contributed by atoms with van der Waals surface area (Å²) in [6, 6.07) is 0. The molecule has 11 heavy (non-hydrogen) atoms. The lowest BCUT2D eigenvalue weighted by molar-refractivity contribution is 0.128. The summed E-state index contributed by atoms with van der Waals surface area (Å²) >= 11 is 0. The number of ether oxygens (including phenoxy) is 1. The van der Waals surface area contributed by atoms with Gasteiger partial charge in [0.25, 0.3) is 0 Å². The monoisotopic (exact) mass is 157 g/mol. The Morgan fingerprint density at radius 3 is 2.18 bits per heavy atom. The number of methoxy groups -OCH3 is 1. The molecule has 1 heteroatoms. The second-order valence-corrected chi connectivity index (χ2v) is 3.54. The molecule has 0 heterocycles. The first-order chi connectivity index (χ1) is 5.16. The fourth-order valence-electron chi connectivity index (χ4n) is 1.04. The molecule has 0 amide bonds. The van der Waals surface area contributed by atoms with Gasteiger partial charge in [0, 0.05) is 7.11 Å². The number of hydrogen-bond acceptors (Lipinski definition) is 1. The van der Waals surface area contributed by atoms with Gasteiger partial charge in [0.15, 0.2) is 0 Å². The van der Waals surface area contributed by atoms with Crippen molar-refractivity contribution in [1.82, 2.24) is 0 Å². The third-order valence-corrected chi connectivity index (χ3v) is 1.89. The van der Waals surface area contributed by atoms with Gasteiger partial charge in [-0.05, 0) is 19.3 Å². The molecule has 0 N–H and O–H groups in total. The average Bonchev–Trinajstić information content (AvgIpc) is 1.97. The van der Waals surface area contributed by atoms with Gasteiger partial charge in [-0.25, -0.2) is 0 Å². The molecule has 0 rings (SSSR count). The van der Waals surface area contributed by atoms with E-state index < -0.39 is 0 Å². The number of rotatable bonds is 6. The van der Waals surface area contributed by atoms with E-state index in [2.05, 4.69) is 20.8 Å². The maximum absolute atomic E-state index is 5.05. The summed E-state index contributed by atoms with van der Waals surface area (Å²) in [6.07, 6.45) is 5.19. The Morgan fingerprint density at radius 1 is 1.18 bits per heavy atom. The van der Waals surface area contributed by atoms with Gasteiger partial charge in [0.05, 0.1) is 6.10 Å². The van der Waals surface area contributed by atoms with E-state index >= 15 is 0 Å². The third-order valence-electron chi connectivity index (χ3n) is 1.89. The van der Waals surface area contributed by atoms with Gasteiger partial charge >= 0.3 is 0 Å².